The van der Waals surface area contributed by atoms with Crippen molar-refractivity contribution in [2.75, 3.05) is 80.9 Å². The topological polar surface area (TPSA) is 110 Å². The number of nitrogens with one attached hydrogen (secondary N) is 3. The van der Waals surface area contributed by atoms with Gasteiger partial charge in [-0.1, -0.05) is 36.4 Å². The normalized spacial score (nSPS) is 16.1. The van der Waals surface area contributed by atoms with Gasteiger partial charge in [0.25, 0.3) is 0 Å². The summed E-state index contributed by atoms with van der Waals surface area (Å²) in [6, 6.07) is 24.2. The van der Waals surface area contributed by atoms with Gasteiger partial charge >= 0.3 is 0 Å². The molecule has 2 aliphatic heterocycles. The summed E-state index contributed by atoms with van der Waals surface area (Å²) >= 11 is 0. The number of carbonyl (C=O) groups is 1. The second-order valence-electron chi connectivity index (χ2n) is 11.8. The summed E-state index contributed by atoms with van der Waals surface area (Å²) in [6.07, 6.45) is 4.72. The number of hydrogen-bond donors (Lipinski definition) is 3. The van der Waals surface area contributed by atoms with E-state index in [1.165, 1.54) is 0 Å². The minimum Gasteiger partial charge on any atom is -0.494 e. The quantitative estimate of drug-likeness (QED) is 0.150. The van der Waals surface area contributed by atoms with Crippen molar-refractivity contribution in [3.63, 3.8) is 0 Å². The Labute approximate surface area is 276 Å². The van der Waals surface area contributed by atoms with E-state index in [0.29, 0.717) is 40.5 Å². The second kappa shape index (κ2) is 15.1. The number of aliphatic imine (C=N–C) groups is 1. The molecule has 2 saturated heterocycles. The highest BCUT2D eigenvalue weighted by Crippen LogP contribution is 2.36. The van der Waals surface area contributed by atoms with Gasteiger partial charge in [0.15, 0.2) is 12.1 Å². The summed E-state index contributed by atoms with van der Waals surface area (Å²) in [4.78, 5) is 33.4. The molecule has 0 spiro atoms. The van der Waals surface area contributed by atoms with Gasteiger partial charge in [0.1, 0.15) is 17.1 Å². The summed E-state index contributed by atoms with van der Waals surface area (Å²) < 4.78 is 5.84. The van der Waals surface area contributed by atoms with Crippen molar-refractivity contribution in [2.24, 2.45) is 4.99 Å². The predicted molar refractivity (Wildman–Crippen MR) is 191 cm³/mol. The van der Waals surface area contributed by atoms with Crippen LogP contribution in [0.3, 0.4) is 0 Å². The minimum atomic E-state index is 0.294. The smallest absolute Gasteiger partial charge is 0.229 e. The molecule has 244 valence electrons. The lowest BCUT2D eigenvalue weighted by Gasteiger charge is -2.41. The van der Waals surface area contributed by atoms with Gasteiger partial charge in [-0.15, -0.1) is 0 Å². The molecule has 4 aromatic rings. The molecule has 6 rings (SSSR count). The largest absolute Gasteiger partial charge is 0.494 e. The number of benzene rings is 3. The molecule has 0 unspecified atom stereocenters. The Hall–Kier alpha value is -5.00. The zero-order chi connectivity index (χ0) is 32.6. The molecule has 2 fully saturated rings. The Bertz CT molecular complexity index is 1680. The number of carbonyl (C=O) groups excluding carboxylic acids is 1. The number of hydrogen-bond acceptors (Lipinski definition) is 11. The van der Waals surface area contributed by atoms with Crippen LogP contribution in [0.1, 0.15) is 18.4 Å². The Morgan fingerprint density at radius 2 is 1.81 bits per heavy atom. The van der Waals surface area contributed by atoms with Crippen molar-refractivity contribution in [3.8, 4) is 5.75 Å². The van der Waals surface area contributed by atoms with Crippen molar-refractivity contribution in [2.45, 2.75) is 18.9 Å². The third-order valence-corrected chi connectivity index (χ3v) is 8.94. The van der Waals surface area contributed by atoms with Gasteiger partial charge < -0.3 is 30.5 Å². The highest BCUT2D eigenvalue weighted by atomic mass is 16.5. The van der Waals surface area contributed by atoms with Crippen LogP contribution in [0.2, 0.25) is 0 Å². The lowest BCUT2D eigenvalue weighted by molar-refractivity contribution is -0.102. The first-order valence-electron chi connectivity index (χ1n) is 16.2. The summed E-state index contributed by atoms with van der Waals surface area (Å²) in [5.41, 5.74) is 5.23. The molecular formula is C36H43N9O2. The van der Waals surface area contributed by atoms with Crippen molar-refractivity contribution in [1.29, 1.82) is 0 Å². The first kappa shape index (κ1) is 32.0. The molecule has 0 atom stereocenters. The first-order chi connectivity index (χ1) is 23.1. The van der Waals surface area contributed by atoms with Crippen LogP contribution in [0.5, 0.6) is 5.75 Å². The number of ether oxygens (including phenoxy) is 1. The number of nitrogens with zero attached hydrogens (tertiary/aromatic N) is 6. The third-order valence-electron chi connectivity index (χ3n) is 8.94. The fourth-order valence-corrected chi connectivity index (χ4v) is 6.28. The van der Waals surface area contributed by atoms with E-state index in [9.17, 15) is 4.79 Å². The van der Waals surface area contributed by atoms with Gasteiger partial charge in [-0.2, -0.15) is 4.98 Å². The fraction of sp³-hybridized carbons (Fsp3) is 0.333. The highest BCUT2D eigenvalue weighted by molar-refractivity contribution is 6.37. The van der Waals surface area contributed by atoms with E-state index in [1.807, 2.05) is 79.7 Å². The number of aromatic nitrogens is 2. The zero-order valence-electron chi connectivity index (χ0n) is 27.3. The second-order valence-corrected chi connectivity index (χ2v) is 11.8. The van der Waals surface area contributed by atoms with Crippen LogP contribution in [0.25, 0.3) is 0 Å². The van der Waals surface area contributed by atoms with E-state index < -0.39 is 0 Å². The van der Waals surface area contributed by atoms with E-state index in [-0.39, 0.29) is 0 Å². The number of methoxy groups -OCH3 is 1. The minimum absolute atomic E-state index is 0.294. The first-order valence-corrected chi connectivity index (χ1v) is 16.2. The molecule has 47 heavy (non-hydrogen) atoms. The Morgan fingerprint density at radius 1 is 1.02 bits per heavy atom. The van der Waals surface area contributed by atoms with E-state index >= 15 is 0 Å². The number of piperazine rings is 1. The lowest BCUT2D eigenvalue weighted by Crippen LogP contribution is -2.52. The molecule has 11 heteroatoms. The van der Waals surface area contributed by atoms with Gasteiger partial charge in [-0.3, -0.25) is 9.69 Å². The molecule has 3 heterocycles. The molecular weight excluding hydrogens is 590 g/mol. The predicted octanol–water partition coefficient (Wildman–Crippen LogP) is 5.23. The number of rotatable bonds is 11. The molecule has 0 amide bonds. The molecule has 1 aromatic heterocycles. The van der Waals surface area contributed by atoms with E-state index in [4.69, 9.17) is 14.7 Å². The Balaban J connectivity index is 1.26. The molecule has 0 aliphatic carbocycles. The van der Waals surface area contributed by atoms with Crippen LogP contribution in [-0.2, 0) is 4.79 Å². The SMILES string of the molecule is CNc1cccc(N(C)c2nc(Nc3ccc(N4CCC(N5CCNCC5)CC4)cc3OC)ncc2N=C(C=O)c2ccccc2)c1. The van der Waals surface area contributed by atoms with Crippen LogP contribution < -0.4 is 30.5 Å². The summed E-state index contributed by atoms with van der Waals surface area (Å²) in [6.45, 7) is 6.48. The molecule has 0 saturated carbocycles. The van der Waals surface area contributed by atoms with E-state index in [0.717, 1.165) is 81.1 Å². The van der Waals surface area contributed by atoms with E-state index in [1.54, 1.807) is 13.3 Å². The maximum Gasteiger partial charge on any atom is 0.229 e. The maximum atomic E-state index is 12.1. The summed E-state index contributed by atoms with van der Waals surface area (Å²) in [5.74, 6) is 1.63. The molecule has 0 bridgehead atoms. The van der Waals surface area contributed by atoms with Gasteiger partial charge in [0.2, 0.25) is 5.95 Å². The Morgan fingerprint density at radius 3 is 2.53 bits per heavy atom. The molecule has 11 nitrogen and oxygen atoms in total. The number of piperidine rings is 1. The molecule has 2 aliphatic rings. The third kappa shape index (κ3) is 7.53. The van der Waals surface area contributed by atoms with Crippen molar-refractivity contribution in [3.05, 3.63) is 84.6 Å². The molecule has 3 N–H and O–H groups in total. The van der Waals surface area contributed by atoms with Gasteiger partial charge in [-0.05, 0) is 43.2 Å². The van der Waals surface area contributed by atoms with Gasteiger partial charge in [0.05, 0.1) is 19.0 Å². The average Bonchev–Trinajstić information content (AvgIpc) is 3.15. The van der Waals surface area contributed by atoms with Crippen LogP contribution in [-0.4, -0.2) is 93.4 Å². The monoisotopic (exact) mass is 633 g/mol. The standard InChI is InChI=1S/C36H43N9O2/c1-37-27-10-7-11-29(22-27)43(2)35-32(40-33(25-46)26-8-5-4-6-9-26)24-39-36(42-35)41-31-13-12-30(23-34(31)47-3)44-18-14-28(15-19-44)45-20-16-38-17-21-45/h4-13,22-25,28,37-38H,14-21H2,1-3H3,(H,39,41,42). The van der Waals surface area contributed by atoms with Crippen LogP contribution in [0, 0.1) is 0 Å². The lowest BCUT2D eigenvalue weighted by atomic mass is 10.0. The van der Waals surface area contributed by atoms with Crippen LogP contribution >= 0.6 is 0 Å². The van der Waals surface area contributed by atoms with E-state index in [2.05, 4.69) is 42.9 Å². The van der Waals surface area contributed by atoms with Crippen LogP contribution in [0.15, 0.2) is 84.0 Å². The van der Waals surface area contributed by atoms with Crippen molar-refractivity contribution >= 4 is 52.2 Å². The van der Waals surface area contributed by atoms with Gasteiger partial charge in [-0.25, -0.2) is 9.98 Å². The van der Waals surface area contributed by atoms with Crippen molar-refractivity contribution < 1.29 is 9.53 Å². The van der Waals surface area contributed by atoms with Crippen LogP contribution in [0.4, 0.5) is 40.2 Å². The fourth-order valence-electron chi connectivity index (χ4n) is 6.28. The van der Waals surface area contributed by atoms with Gasteiger partial charge in [0, 0.05) is 88.1 Å². The average molecular weight is 634 g/mol. The highest BCUT2D eigenvalue weighted by Gasteiger charge is 2.26. The summed E-state index contributed by atoms with van der Waals surface area (Å²) in [7, 11) is 5.48. The Kier molecular flexibility index (Phi) is 10.2. The summed E-state index contributed by atoms with van der Waals surface area (Å²) in [5, 5.41) is 10.0. The molecule has 0 radical (unpaired) electrons. The van der Waals surface area contributed by atoms with Crippen molar-refractivity contribution in [1.82, 2.24) is 20.2 Å². The molecule has 3 aromatic carbocycles. The number of aldehydes is 1. The maximum absolute atomic E-state index is 12.1. The zero-order valence-corrected chi connectivity index (χ0v) is 27.3. The number of anilines is 6.